The number of furan rings is 1. The molecule has 3 aliphatic heterocycles. The van der Waals surface area contributed by atoms with E-state index in [0.717, 1.165) is 9.91 Å². The Bertz CT molecular complexity index is 1400. The number of carboxylic acid groups (broad SMARTS) is 1. The SMILES string of the molecule is O=C1CCC(C(=O)O)(N2OC[C@H](NC(=O)C(NC(=O)N3CCN(N=Cc4ccco4)C3=O)c3ccccc3)C2=O)O1. The molecule has 1 aromatic carbocycles. The molecule has 0 radical (unpaired) electrons. The smallest absolute Gasteiger partial charge is 0.372 e. The van der Waals surface area contributed by atoms with Crippen molar-refractivity contribution < 1.29 is 47.9 Å². The van der Waals surface area contributed by atoms with Gasteiger partial charge in [-0.25, -0.2) is 24.3 Å². The molecule has 2 aromatic rings. The first kappa shape index (κ1) is 27.3. The molecule has 2 unspecified atom stereocenters. The third-order valence-electron chi connectivity index (χ3n) is 6.56. The number of esters is 1. The normalized spacial score (nSPS) is 23.3. The third kappa shape index (κ3) is 5.31. The van der Waals surface area contributed by atoms with Crippen LogP contribution in [-0.2, 0) is 28.8 Å². The number of nitrogens with one attached hydrogen (secondary N) is 2. The van der Waals surface area contributed by atoms with Crippen LogP contribution in [0.2, 0.25) is 0 Å². The number of urea groups is 2. The number of nitrogens with zero attached hydrogens (tertiary/aromatic N) is 4. The van der Waals surface area contributed by atoms with Gasteiger partial charge in [-0.3, -0.25) is 19.2 Å². The first-order valence-corrected chi connectivity index (χ1v) is 12.4. The first-order valence-electron chi connectivity index (χ1n) is 12.4. The van der Waals surface area contributed by atoms with E-state index in [2.05, 4.69) is 15.7 Å². The topological polar surface area (TPSA) is 200 Å². The number of ether oxygens (including phenoxy) is 1. The Hall–Kier alpha value is -5.25. The molecule has 0 bridgehead atoms. The average Bonchev–Trinajstić information content (AvgIpc) is 3.76. The molecular formula is C25H24N6O10. The van der Waals surface area contributed by atoms with Gasteiger partial charge in [0.05, 0.1) is 32.0 Å². The molecule has 16 nitrogen and oxygen atoms in total. The van der Waals surface area contributed by atoms with Crippen LogP contribution in [0, 0.1) is 0 Å². The highest BCUT2D eigenvalue weighted by atomic mass is 16.7. The zero-order valence-electron chi connectivity index (χ0n) is 21.3. The minimum Gasteiger partial charge on any atom is -0.477 e. The summed E-state index contributed by atoms with van der Waals surface area (Å²) >= 11 is 0. The van der Waals surface area contributed by atoms with E-state index in [1.54, 1.807) is 42.5 Å². The maximum absolute atomic E-state index is 13.4. The van der Waals surface area contributed by atoms with Gasteiger partial charge in [-0.15, -0.1) is 0 Å². The van der Waals surface area contributed by atoms with Crippen molar-refractivity contribution in [2.45, 2.75) is 30.7 Å². The summed E-state index contributed by atoms with van der Waals surface area (Å²) < 4.78 is 10.1. The molecule has 6 amide bonds. The lowest BCUT2D eigenvalue weighted by molar-refractivity contribution is -0.256. The number of imide groups is 1. The number of hydroxylamine groups is 2. The van der Waals surface area contributed by atoms with E-state index >= 15 is 0 Å². The first-order chi connectivity index (χ1) is 19.7. The lowest BCUT2D eigenvalue weighted by Crippen LogP contribution is -2.57. The van der Waals surface area contributed by atoms with Gasteiger partial charge in [0.1, 0.15) is 24.5 Å². The van der Waals surface area contributed by atoms with Gasteiger partial charge in [0.25, 0.3) is 5.91 Å². The summed E-state index contributed by atoms with van der Waals surface area (Å²) in [6.45, 7) is -0.353. The maximum atomic E-state index is 13.4. The molecule has 3 saturated heterocycles. The van der Waals surface area contributed by atoms with Crippen LogP contribution in [0.5, 0.6) is 0 Å². The Labute approximate surface area is 231 Å². The minimum atomic E-state index is -2.35. The van der Waals surface area contributed by atoms with Gasteiger partial charge in [0.15, 0.2) is 0 Å². The second-order valence-electron chi connectivity index (χ2n) is 9.16. The quantitative estimate of drug-likeness (QED) is 0.291. The highest BCUT2D eigenvalue weighted by Gasteiger charge is 2.59. The van der Waals surface area contributed by atoms with E-state index in [0.29, 0.717) is 16.4 Å². The van der Waals surface area contributed by atoms with Crippen molar-refractivity contribution in [3.05, 3.63) is 60.1 Å². The number of carbonyl (C=O) groups is 6. The highest BCUT2D eigenvalue weighted by molar-refractivity contribution is 5.99. The van der Waals surface area contributed by atoms with Crippen molar-refractivity contribution in [2.75, 3.05) is 19.7 Å². The summed E-state index contributed by atoms with van der Waals surface area (Å²) in [6, 6.07) is 7.06. The van der Waals surface area contributed by atoms with Gasteiger partial charge >= 0.3 is 29.7 Å². The fourth-order valence-corrected chi connectivity index (χ4v) is 4.47. The van der Waals surface area contributed by atoms with Crippen molar-refractivity contribution in [1.82, 2.24) is 25.6 Å². The van der Waals surface area contributed by atoms with Gasteiger partial charge in [-0.2, -0.15) is 10.2 Å². The van der Waals surface area contributed by atoms with E-state index in [-0.39, 0.29) is 25.9 Å². The number of hydrogen-bond acceptors (Lipinski definition) is 10. The largest absolute Gasteiger partial charge is 0.477 e. The number of carboxylic acids is 1. The Morgan fingerprint density at radius 1 is 1.10 bits per heavy atom. The molecule has 0 aliphatic carbocycles. The van der Waals surface area contributed by atoms with Gasteiger partial charge in [-0.05, 0) is 17.7 Å². The molecule has 3 atom stereocenters. The standard InChI is InChI=1S/C25H24N6O10/c32-18-8-9-25(41-18,22(35)36)31-21(34)17(14-40-31)27-20(33)19(15-5-2-1-3-6-15)28-23(37)29-10-11-30(24(29)38)26-13-16-7-4-12-39-16/h1-7,12-13,17,19H,8-11,14H2,(H,27,33)(H,28,37)(H,35,36)/t17-,19?,25?/m0/s1. The van der Waals surface area contributed by atoms with Crippen molar-refractivity contribution in [1.29, 1.82) is 0 Å². The predicted octanol–water partition coefficient (Wildman–Crippen LogP) is 0.179. The van der Waals surface area contributed by atoms with Crippen LogP contribution < -0.4 is 10.6 Å². The zero-order valence-corrected chi connectivity index (χ0v) is 21.3. The van der Waals surface area contributed by atoms with Crippen molar-refractivity contribution >= 4 is 42.0 Å². The Morgan fingerprint density at radius 2 is 1.88 bits per heavy atom. The van der Waals surface area contributed by atoms with Crippen molar-refractivity contribution in [2.24, 2.45) is 5.10 Å². The van der Waals surface area contributed by atoms with Gasteiger partial charge in [-0.1, -0.05) is 30.3 Å². The number of benzene rings is 1. The summed E-state index contributed by atoms with van der Waals surface area (Å²) in [4.78, 5) is 81.9. The van der Waals surface area contributed by atoms with Gasteiger partial charge < -0.3 is 24.9 Å². The molecule has 4 heterocycles. The molecule has 41 heavy (non-hydrogen) atoms. The molecule has 16 heteroatoms. The zero-order chi connectivity index (χ0) is 29.1. The summed E-state index contributed by atoms with van der Waals surface area (Å²) in [7, 11) is 0. The van der Waals surface area contributed by atoms with E-state index in [9.17, 15) is 33.9 Å². The van der Waals surface area contributed by atoms with Crippen LogP contribution in [0.15, 0.2) is 58.2 Å². The Morgan fingerprint density at radius 3 is 2.54 bits per heavy atom. The number of hydrazone groups is 1. The second-order valence-corrected chi connectivity index (χ2v) is 9.16. The lowest BCUT2D eigenvalue weighted by Gasteiger charge is -2.30. The summed E-state index contributed by atoms with van der Waals surface area (Å²) in [6.07, 6.45) is 2.20. The number of carbonyl (C=O) groups excluding carboxylic acids is 5. The highest BCUT2D eigenvalue weighted by Crippen LogP contribution is 2.34. The second kappa shape index (κ2) is 11.1. The van der Waals surface area contributed by atoms with Gasteiger partial charge in [0.2, 0.25) is 5.91 Å². The van der Waals surface area contributed by atoms with Crippen molar-refractivity contribution in [3.63, 3.8) is 0 Å². The Kier molecular flexibility index (Phi) is 7.39. The Balaban J connectivity index is 1.27. The molecular weight excluding hydrogens is 544 g/mol. The van der Waals surface area contributed by atoms with Crippen LogP contribution in [0.25, 0.3) is 0 Å². The molecule has 3 aliphatic rings. The number of hydrogen-bond donors (Lipinski definition) is 3. The lowest BCUT2D eigenvalue weighted by atomic mass is 10.1. The van der Waals surface area contributed by atoms with Crippen LogP contribution in [0.1, 0.15) is 30.2 Å². The predicted molar refractivity (Wildman–Crippen MR) is 133 cm³/mol. The minimum absolute atomic E-state index is 0.0107. The molecule has 5 rings (SSSR count). The molecule has 0 spiro atoms. The van der Waals surface area contributed by atoms with Gasteiger partial charge in [0, 0.05) is 6.42 Å². The summed E-state index contributed by atoms with van der Waals surface area (Å²) in [5.41, 5.74) is -2.00. The summed E-state index contributed by atoms with van der Waals surface area (Å²) in [5.74, 6) is -3.79. The fraction of sp³-hybridized carbons (Fsp3) is 0.320. The van der Waals surface area contributed by atoms with Crippen LogP contribution >= 0.6 is 0 Å². The number of amides is 6. The van der Waals surface area contributed by atoms with Crippen molar-refractivity contribution in [3.8, 4) is 0 Å². The average molecular weight is 568 g/mol. The monoisotopic (exact) mass is 568 g/mol. The third-order valence-corrected chi connectivity index (χ3v) is 6.56. The fourth-order valence-electron chi connectivity index (χ4n) is 4.47. The molecule has 3 fully saturated rings. The van der Waals surface area contributed by atoms with Crippen LogP contribution in [0.4, 0.5) is 9.59 Å². The molecule has 3 N–H and O–H groups in total. The van der Waals surface area contributed by atoms with E-state index in [4.69, 9.17) is 14.0 Å². The van der Waals surface area contributed by atoms with Crippen LogP contribution in [0.3, 0.4) is 0 Å². The number of cyclic esters (lactones) is 1. The number of aliphatic carboxylic acids is 1. The molecule has 1 aromatic heterocycles. The van der Waals surface area contributed by atoms with E-state index < -0.39 is 60.2 Å². The maximum Gasteiger partial charge on any atom is 0.372 e. The van der Waals surface area contributed by atoms with E-state index in [1.807, 2.05) is 0 Å². The number of rotatable bonds is 8. The van der Waals surface area contributed by atoms with E-state index in [1.165, 1.54) is 12.5 Å². The summed E-state index contributed by atoms with van der Waals surface area (Å²) in [5, 5.41) is 20.2. The van der Waals surface area contributed by atoms with Crippen LogP contribution in [-0.4, -0.2) is 93.6 Å². The molecule has 0 saturated carbocycles. The molecule has 214 valence electrons.